The van der Waals surface area contributed by atoms with Crippen molar-refractivity contribution in [2.24, 2.45) is 5.92 Å². The first-order chi connectivity index (χ1) is 16.8. The molecule has 1 heterocycles. The van der Waals surface area contributed by atoms with E-state index in [1.165, 1.54) is 0 Å². The summed E-state index contributed by atoms with van der Waals surface area (Å²) in [7, 11) is 0. The molecule has 0 spiro atoms. The van der Waals surface area contributed by atoms with E-state index in [0.717, 1.165) is 5.56 Å². The molecule has 0 saturated heterocycles. The smallest absolute Gasteiger partial charge is 0.329 e. The summed E-state index contributed by atoms with van der Waals surface area (Å²) in [6.07, 6.45) is 0.0596. The van der Waals surface area contributed by atoms with Gasteiger partial charge in [-0.3, -0.25) is 19.3 Å². The number of anilines is 1. The minimum atomic E-state index is -1.35. The standard InChI is InChI=1S/C23H18BrCl5N2O5/c1-8(2)4-13(23(35)36-7-14(32)30-12-6-11(25)10(24)5-9(12)3)31-21(33)15-16(22(31)34)18(27)20(29)19(28)17(15)26/h5-6,8,13H,4,7H2,1-3H3,(H,30,32)/t13-/m0/s1. The van der Waals surface area contributed by atoms with Gasteiger partial charge in [-0.1, -0.05) is 71.9 Å². The molecule has 2 aromatic rings. The first kappa shape index (κ1) is 29.0. The summed E-state index contributed by atoms with van der Waals surface area (Å²) in [6.45, 7) is 4.68. The molecule has 1 N–H and O–H groups in total. The van der Waals surface area contributed by atoms with Crippen LogP contribution in [-0.2, 0) is 14.3 Å². The average Bonchev–Trinajstić information content (AvgIpc) is 3.06. The maximum absolute atomic E-state index is 13.2. The predicted molar refractivity (Wildman–Crippen MR) is 144 cm³/mol. The van der Waals surface area contributed by atoms with Crippen molar-refractivity contribution in [3.05, 3.63) is 58.4 Å². The number of esters is 1. The van der Waals surface area contributed by atoms with E-state index in [-0.39, 0.29) is 43.6 Å². The molecule has 1 aliphatic rings. The Morgan fingerprint density at radius 3 is 2.00 bits per heavy atom. The van der Waals surface area contributed by atoms with Crippen LogP contribution in [0.3, 0.4) is 0 Å². The summed E-state index contributed by atoms with van der Waals surface area (Å²) < 4.78 is 5.85. The molecule has 0 fully saturated rings. The second-order valence-electron chi connectivity index (χ2n) is 8.37. The number of carbonyl (C=O) groups is 4. The summed E-state index contributed by atoms with van der Waals surface area (Å²) in [5, 5.41) is 2.12. The minimum absolute atomic E-state index is 0.0596. The number of fused-ring (bicyclic) bond motifs is 1. The third kappa shape index (κ3) is 5.64. The maximum Gasteiger partial charge on any atom is 0.329 e. The van der Waals surface area contributed by atoms with Crippen molar-refractivity contribution in [1.29, 1.82) is 0 Å². The van der Waals surface area contributed by atoms with Gasteiger partial charge in [-0.15, -0.1) is 0 Å². The Morgan fingerprint density at radius 2 is 1.50 bits per heavy atom. The molecule has 0 unspecified atom stereocenters. The van der Waals surface area contributed by atoms with E-state index in [9.17, 15) is 19.2 Å². The zero-order chi connectivity index (χ0) is 27.1. The number of hydrogen-bond donors (Lipinski definition) is 1. The summed E-state index contributed by atoms with van der Waals surface area (Å²) >= 11 is 33.9. The van der Waals surface area contributed by atoms with Crippen molar-refractivity contribution in [2.75, 3.05) is 11.9 Å². The molecule has 0 aliphatic carbocycles. The number of amides is 3. The number of aryl methyl sites for hydroxylation is 1. The molecular weight excluding hydrogens is 641 g/mol. The summed E-state index contributed by atoms with van der Waals surface area (Å²) in [5.74, 6) is -3.46. The minimum Gasteiger partial charge on any atom is -0.454 e. The molecule has 13 heteroatoms. The molecule has 0 radical (unpaired) electrons. The highest BCUT2D eigenvalue weighted by Crippen LogP contribution is 2.45. The molecule has 7 nitrogen and oxygen atoms in total. The van der Waals surface area contributed by atoms with Crippen LogP contribution in [0.25, 0.3) is 0 Å². The number of rotatable bonds is 7. The fourth-order valence-corrected chi connectivity index (χ4v) is 5.24. The number of nitrogens with one attached hydrogen (secondary N) is 1. The zero-order valence-corrected chi connectivity index (χ0v) is 24.3. The van der Waals surface area contributed by atoms with Crippen LogP contribution in [0.15, 0.2) is 16.6 Å². The van der Waals surface area contributed by atoms with Gasteiger partial charge in [0.2, 0.25) is 0 Å². The molecule has 2 aromatic carbocycles. The van der Waals surface area contributed by atoms with Gasteiger partial charge in [-0.05, 0) is 52.9 Å². The van der Waals surface area contributed by atoms with Crippen LogP contribution < -0.4 is 5.32 Å². The Kier molecular flexibility index (Phi) is 9.23. The average molecular weight is 660 g/mol. The van der Waals surface area contributed by atoms with Gasteiger partial charge in [0.05, 0.1) is 36.2 Å². The maximum atomic E-state index is 13.2. The van der Waals surface area contributed by atoms with E-state index in [0.29, 0.717) is 20.1 Å². The Morgan fingerprint density at radius 1 is 0.972 bits per heavy atom. The SMILES string of the molecule is Cc1cc(Br)c(Cl)cc1NC(=O)COC(=O)[C@H](CC(C)C)N1C(=O)c2c(Cl)c(Cl)c(Cl)c(Cl)c2C1=O. The van der Waals surface area contributed by atoms with Crippen molar-refractivity contribution >= 4 is 103 Å². The van der Waals surface area contributed by atoms with Crippen LogP contribution in [0, 0.1) is 12.8 Å². The molecule has 3 amide bonds. The van der Waals surface area contributed by atoms with E-state index in [4.69, 9.17) is 62.7 Å². The fraction of sp³-hybridized carbons (Fsp3) is 0.304. The highest BCUT2D eigenvalue weighted by Gasteiger charge is 2.47. The topological polar surface area (TPSA) is 92.8 Å². The quantitative estimate of drug-likeness (QED) is 0.147. The Bertz CT molecular complexity index is 1250. The van der Waals surface area contributed by atoms with E-state index < -0.39 is 36.3 Å². The number of benzene rings is 2. The van der Waals surface area contributed by atoms with Gasteiger partial charge in [-0.2, -0.15) is 0 Å². The lowest BCUT2D eigenvalue weighted by atomic mass is 10.0. The zero-order valence-electron chi connectivity index (χ0n) is 19.0. The van der Waals surface area contributed by atoms with E-state index >= 15 is 0 Å². The van der Waals surface area contributed by atoms with Crippen LogP contribution in [0.2, 0.25) is 25.1 Å². The van der Waals surface area contributed by atoms with Crippen molar-refractivity contribution in [3.8, 4) is 0 Å². The highest BCUT2D eigenvalue weighted by atomic mass is 79.9. The molecule has 3 rings (SSSR count). The molecule has 0 saturated carbocycles. The largest absolute Gasteiger partial charge is 0.454 e. The lowest BCUT2D eigenvalue weighted by Gasteiger charge is -2.26. The fourth-order valence-electron chi connectivity index (χ4n) is 3.60. The summed E-state index contributed by atoms with van der Waals surface area (Å²) in [6, 6.07) is 1.92. The summed E-state index contributed by atoms with van der Waals surface area (Å²) in [4.78, 5) is 52.6. The first-order valence-electron chi connectivity index (χ1n) is 10.4. The number of carbonyl (C=O) groups excluding carboxylic acids is 4. The normalized spacial score (nSPS) is 13.8. The second kappa shape index (κ2) is 11.5. The Labute approximate surface area is 240 Å². The lowest BCUT2D eigenvalue weighted by molar-refractivity contribution is -0.151. The number of halogens is 6. The van der Waals surface area contributed by atoms with Crippen molar-refractivity contribution < 1.29 is 23.9 Å². The van der Waals surface area contributed by atoms with Gasteiger partial charge in [0, 0.05) is 10.2 Å². The van der Waals surface area contributed by atoms with Gasteiger partial charge in [0.1, 0.15) is 6.04 Å². The number of ether oxygens (including phenoxy) is 1. The molecular formula is C23H18BrCl5N2O5. The molecule has 36 heavy (non-hydrogen) atoms. The van der Waals surface area contributed by atoms with Gasteiger partial charge in [0.15, 0.2) is 6.61 Å². The van der Waals surface area contributed by atoms with Gasteiger partial charge < -0.3 is 10.1 Å². The Hall–Kier alpha value is -1.55. The molecule has 0 aromatic heterocycles. The van der Waals surface area contributed by atoms with Gasteiger partial charge in [0.25, 0.3) is 17.7 Å². The third-order valence-electron chi connectivity index (χ3n) is 5.30. The van der Waals surface area contributed by atoms with Crippen LogP contribution in [0.1, 0.15) is 46.5 Å². The van der Waals surface area contributed by atoms with Crippen LogP contribution in [-0.4, -0.2) is 41.2 Å². The third-order valence-corrected chi connectivity index (χ3v) is 8.30. The van der Waals surface area contributed by atoms with E-state index in [1.54, 1.807) is 32.9 Å². The van der Waals surface area contributed by atoms with Crippen molar-refractivity contribution in [2.45, 2.75) is 33.2 Å². The van der Waals surface area contributed by atoms with E-state index in [2.05, 4.69) is 21.2 Å². The molecule has 1 atom stereocenters. The number of hydrogen-bond acceptors (Lipinski definition) is 5. The van der Waals surface area contributed by atoms with Crippen molar-refractivity contribution in [3.63, 3.8) is 0 Å². The van der Waals surface area contributed by atoms with Crippen LogP contribution in [0.4, 0.5) is 5.69 Å². The molecule has 1 aliphatic heterocycles. The second-order valence-corrected chi connectivity index (χ2v) is 11.1. The van der Waals surface area contributed by atoms with Crippen LogP contribution in [0.5, 0.6) is 0 Å². The monoisotopic (exact) mass is 656 g/mol. The molecule has 0 bridgehead atoms. The predicted octanol–water partition coefficient (Wildman–Crippen LogP) is 7.22. The highest BCUT2D eigenvalue weighted by molar-refractivity contribution is 9.10. The van der Waals surface area contributed by atoms with E-state index in [1.807, 2.05) is 0 Å². The van der Waals surface area contributed by atoms with Gasteiger partial charge in [-0.25, -0.2) is 4.79 Å². The molecule has 192 valence electrons. The van der Waals surface area contributed by atoms with Crippen LogP contribution >= 0.6 is 73.9 Å². The van der Waals surface area contributed by atoms with Crippen molar-refractivity contribution in [1.82, 2.24) is 4.90 Å². The van der Waals surface area contributed by atoms with Gasteiger partial charge >= 0.3 is 5.97 Å². The number of imide groups is 1. The first-order valence-corrected chi connectivity index (χ1v) is 13.1. The lowest BCUT2D eigenvalue weighted by Crippen LogP contribution is -2.47. The Balaban J connectivity index is 1.82. The number of nitrogens with zero attached hydrogens (tertiary/aromatic N) is 1. The summed E-state index contributed by atoms with van der Waals surface area (Å²) in [5.41, 5.74) is 0.660.